The van der Waals surface area contributed by atoms with Crippen molar-refractivity contribution in [3.8, 4) is 0 Å². The lowest BCUT2D eigenvalue weighted by Gasteiger charge is -2.18. The second kappa shape index (κ2) is 67.8. The molecular weight excluding hydrogens is 985 g/mol. The summed E-state index contributed by atoms with van der Waals surface area (Å²) >= 11 is 0. The molecule has 0 aromatic carbocycles. The Morgan fingerprint density at radius 3 is 0.787 bits per heavy atom. The average molecular weight is 1110 g/mol. The van der Waals surface area contributed by atoms with Crippen molar-refractivity contribution in [2.75, 3.05) is 13.2 Å². The predicted octanol–water partition coefficient (Wildman–Crippen LogP) is 23.6. The molecule has 0 rings (SSSR count). The van der Waals surface area contributed by atoms with Gasteiger partial charge in [0.1, 0.15) is 13.2 Å². The van der Waals surface area contributed by atoms with E-state index < -0.39 is 6.10 Å². The summed E-state index contributed by atoms with van der Waals surface area (Å²) in [6.07, 6.45) is 91.4. The van der Waals surface area contributed by atoms with Crippen molar-refractivity contribution in [1.82, 2.24) is 0 Å². The fraction of sp³-hybridized carbons (Fsp3) is 0.743. The Balaban J connectivity index is 4.35. The lowest BCUT2D eigenvalue weighted by atomic mass is 10.0. The first-order valence-corrected chi connectivity index (χ1v) is 34.2. The number of carbonyl (C=O) groups excluding carboxylic acids is 3. The van der Waals surface area contributed by atoms with Crippen LogP contribution in [0.3, 0.4) is 0 Å². The second-order valence-electron chi connectivity index (χ2n) is 22.7. The number of allylic oxidation sites excluding steroid dienone is 16. The molecule has 0 aliphatic carbocycles. The van der Waals surface area contributed by atoms with Crippen LogP contribution in [0.1, 0.15) is 335 Å². The topological polar surface area (TPSA) is 78.9 Å². The van der Waals surface area contributed by atoms with Crippen LogP contribution in [0.4, 0.5) is 0 Å². The molecule has 6 heteroatoms. The van der Waals surface area contributed by atoms with Crippen LogP contribution in [0.25, 0.3) is 0 Å². The molecule has 0 bridgehead atoms. The van der Waals surface area contributed by atoms with E-state index in [0.717, 1.165) is 109 Å². The van der Waals surface area contributed by atoms with Gasteiger partial charge in [-0.1, -0.05) is 291 Å². The minimum absolute atomic E-state index is 0.0922. The van der Waals surface area contributed by atoms with Gasteiger partial charge in [0.2, 0.25) is 0 Å². The number of hydrogen-bond donors (Lipinski definition) is 0. The fourth-order valence-corrected chi connectivity index (χ4v) is 9.67. The SMILES string of the molecule is CC/C=C\C/C=C\C/C=C\C/C=C\C/C=C\CCCCCC(=O)OC(COC(=O)CCCCCCC/C=C\CCCCCCCCC)COC(=O)CCCCCCCCCCCCCCCCC/C=C\C/C=C\CCCCCCC. The van der Waals surface area contributed by atoms with Crippen molar-refractivity contribution < 1.29 is 28.6 Å². The quantitative estimate of drug-likeness (QED) is 0.0261. The van der Waals surface area contributed by atoms with E-state index in [0.29, 0.717) is 12.8 Å². The van der Waals surface area contributed by atoms with Crippen molar-refractivity contribution in [2.24, 2.45) is 0 Å². The third-order valence-corrected chi connectivity index (χ3v) is 14.8. The van der Waals surface area contributed by atoms with Gasteiger partial charge in [0, 0.05) is 19.3 Å². The van der Waals surface area contributed by atoms with Gasteiger partial charge in [0.05, 0.1) is 0 Å². The van der Waals surface area contributed by atoms with Gasteiger partial charge in [-0.2, -0.15) is 0 Å². The minimum Gasteiger partial charge on any atom is -0.462 e. The van der Waals surface area contributed by atoms with E-state index in [2.05, 4.69) is 118 Å². The van der Waals surface area contributed by atoms with Crippen molar-refractivity contribution in [3.63, 3.8) is 0 Å². The Labute approximate surface area is 496 Å². The Morgan fingerprint density at radius 2 is 0.487 bits per heavy atom. The normalized spacial score (nSPS) is 12.7. The largest absolute Gasteiger partial charge is 0.462 e. The van der Waals surface area contributed by atoms with E-state index in [1.165, 1.54) is 186 Å². The van der Waals surface area contributed by atoms with Crippen LogP contribution in [-0.2, 0) is 28.6 Å². The number of hydrogen-bond acceptors (Lipinski definition) is 6. The van der Waals surface area contributed by atoms with Crippen LogP contribution in [0.2, 0.25) is 0 Å². The number of unbranched alkanes of at least 4 members (excludes halogenated alkanes) is 35. The molecule has 0 saturated heterocycles. The molecule has 0 spiro atoms. The summed E-state index contributed by atoms with van der Waals surface area (Å²) < 4.78 is 16.9. The molecule has 1 unspecified atom stereocenters. The third-order valence-electron chi connectivity index (χ3n) is 14.8. The number of carbonyl (C=O) groups is 3. The lowest BCUT2D eigenvalue weighted by molar-refractivity contribution is -0.167. The van der Waals surface area contributed by atoms with Crippen molar-refractivity contribution >= 4 is 17.9 Å². The van der Waals surface area contributed by atoms with E-state index in [-0.39, 0.29) is 37.5 Å². The molecule has 0 radical (unpaired) electrons. The molecule has 6 nitrogen and oxygen atoms in total. The van der Waals surface area contributed by atoms with Crippen molar-refractivity contribution in [1.29, 1.82) is 0 Å². The molecule has 0 heterocycles. The Hall–Kier alpha value is -3.67. The standard InChI is InChI=1S/C74H128O6/c1-4-7-10-13-16-19-22-25-28-31-33-34-35-36-37-38-39-40-42-43-46-49-52-55-58-61-64-67-73(76)79-70-71(69-78-72(75)66-63-60-57-54-51-48-45-30-27-24-21-18-15-12-9-6-3)80-74(77)68-65-62-59-56-53-50-47-44-41-32-29-26-23-20-17-14-11-8-5-2/h8,11,17,20,22,25-26,29-31,33,41,44-45,50,53,71H,4-7,9-10,12-16,18-19,21,23-24,27-28,32,34-40,42-43,46-49,51-52,54-70H2,1-3H3/b11-8-,20-17-,25-22-,29-26-,33-31-,44-41-,45-30-,53-50-. The minimum atomic E-state index is -0.800. The van der Waals surface area contributed by atoms with E-state index in [1.807, 2.05) is 0 Å². The van der Waals surface area contributed by atoms with Gasteiger partial charge in [-0.3, -0.25) is 14.4 Å². The monoisotopic (exact) mass is 1110 g/mol. The van der Waals surface area contributed by atoms with Gasteiger partial charge in [-0.25, -0.2) is 0 Å². The zero-order chi connectivity index (χ0) is 57.8. The van der Waals surface area contributed by atoms with E-state index in [1.54, 1.807) is 0 Å². The Bertz CT molecular complexity index is 1560. The van der Waals surface area contributed by atoms with Crippen LogP contribution in [0, 0.1) is 0 Å². The molecule has 460 valence electrons. The van der Waals surface area contributed by atoms with Crippen LogP contribution in [0.15, 0.2) is 97.2 Å². The number of ether oxygens (including phenoxy) is 3. The van der Waals surface area contributed by atoms with Crippen molar-refractivity contribution in [3.05, 3.63) is 97.2 Å². The fourth-order valence-electron chi connectivity index (χ4n) is 9.67. The zero-order valence-electron chi connectivity index (χ0n) is 52.8. The summed E-state index contributed by atoms with van der Waals surface area (Å²) in [5.74, 6) is -0.920. The first kappa shape index (κ1) is 76.3. The van der Waals surface area contributed by atoms with Gasteiger partial charge >= 0.3 is 17.9 Å². The van der Waals surface area contributed by atoms with Gasteiger partial charge in [0.15, 0.2) is 6.10 Å². The summed E-state index contributed by atoms with van der Waals surface area (Å²) in [6.45, 7) is 6.52. The first-order chi connectivity index (χ1) is 39.5. The molecule has 0 aliphatic rings. The van der Waals surface area contributed by atoms with Gasteiger partial charge in [-0.05, 0) is 122 Å². The van der Waals surface area contributed by atoms with Gasteiger partial charge in [-0.15, -0.1) is 0 Å². The highest BCUT2D eigenvalue weighted by Gasteiger charge is 2.19. The second-order valence-corrected chi connectivity index (χ2v) is 22.7. The zero-order valence-corrected chi connectivity index (χ0v) is 52.8. The molecule has 0 aromatic heterocycles. The molecule has 0 amide bonds. The van der Waals surface area contributed by atoms with Crippen LogP contribution in [0.5, 0.6) is 0 Å². The number of rotatable bonds is 62. The molecule has 0 saturated carbocycles. The van der Waals surface area contributed by atoms with E-state index in [4.69, 9.17) is 14.2 Å². The predicted molar refractivity (Wildman–Crippen MR) is 348 cm³/mol. The maximum absolute atomic E-state index is 12.9. The molecular formula is C74H128O6. The van der Waals surface area contributed by atoms with Crippen LogP contribution in [-0.4, -0.2) is 37.2 Å². The number of esters is 3. The maximum Gasteiger partial charge on any atom is 0.306 e. The highest BCUT2D eigenvalue weighted by atomic mass is 16.6. The molecule has 0 aromatic rings. The molecule has 0 fully saturated rings. The highest BCUT2D eigenvalue weighted by Crippen LogP contribution is 2.17. The van der Waals surface area contributed by atoms with Crippen molar-refractivity contribution in [2.45, 2.75) is 341 Å². The van der Waals surface area contributed by atoms with Crippen LogP contribution < -0.4 is 0 Å². The van der Waals surface area contributed by atoms with E-state index >= 15 is 0 Å². The molecule has 0 aliphatic heterocycles. The molecule has 80 heavy (non-hydrogen) atoms. The summed E-state index contributed by atoms with van der Waals surface area (Å²) in [5.41, 5.74) is 0. The summed E-state index contributed by atoms with van der Waals surface area (Å²) in [6, 6.07) is 0. The molecule has 0 N–H and O–H groups in total. The van der Waals surface area contributed by atoms with Gasteiger partial charge in [0.25, 0.3) is 0 Å². The van der Waals surface area contributed by atoms with Gasteiger partial charge < -0.3 is 14.2 Å². The first-order valence-electron chi connectivity index (χ1n) is 34.2. The lowest BCUT2D eigenvalue weighted by Crippen LogP contribution is -2.30. The highest BCUT2D eigenvalue weighted by molar-refractivity contribution is 5.71. The molecule has 1 atom stereocenters. The third kappa shape index (κ3) is 65.1. The Morgan fingerprint density at radius 1 is 0.263 bits per heavy atom. The smallest absolute Gasteiger partial charge is 0.306 e. The summed E-state index contributed by atoms with van der Waals surface area (Å²) in [5, 5.41) is 0. The Kier molecular flexibility index (Phi) is 64.7. The van der Waals surface area contributed by atoms with Crippen LogP contribution >= 0.6 is 0 Å². The maximum atomic E-state index is 12.9. The average Bonchev–Trinajstić information content (AvgIpc) is 3.46. The van der Waals surface area contributed by atoms with E-state index in [9.17, 15) is 14.4 Å². The summed E-state index contributed by atoms with van der Waals surface area (Å²) in [4.78, 5) is 38.4. The summed E-state index contributed by atoms with van der Waals surface area (Å²) in [7, 11) is 0.